The number of halogens is 1. The fourth-order valence-electron chi connectivity index (χ4n) is 4.20. The van der Waals surface area contributed by atoms with Crippen LogP contribution in [0.25, 0.3) is 0 Å². The number of rotatable bonds is 6. The molecule has 1 amide bonds. The zero-order valence-corrected chi connectivity index (χ0v) is 16.9. The van der Waals surface area contributed by atoms with Crippen molar-refractivity contribution in [1.29, 1.82) is 0 Å². The first-order valence-electron chi connectivity index (χ1n) is 10.5. The van der Waals surface area contributed by atoms with Crippen LogP contribution >= 0.6 is 0 Å². The lowest BCUT2D eigenvalue weighted by Gasteiger charge is -2.36. The molecule has 4 rings (SSSR count). The molecule has 0 saturated heterocycles. The average molecular weight is 403 g/mol. The number of amides is 1. The number of anilines is 1. The maximum absolute atomic E-state index is 13.4. The Balaban J connectivity index is 1.45. The minimum atomic E-state index is -0.603. The van der Waals surface area contributed by atoms with E-state index in [2.05, 4.69) is 5.32 Å². The molecule has 3 aromatic rings. The third kappa shape index (κ3) is 4.54. The Morgan fingerprint density at radius 1 is 0.867 bits per heavy atom. The summed E-state index contributed by atoms with van der Waals surface area (Å²) in [5.74, 6) is 0.450. The van der Waals surface area contributed by atoms with Gasteiger partial charge in [0.2, 0.25) is 5.91 Å². The zero-order chi connectivity index (χ0) is 20.8. The van der Waals surface area contributed by atoms with Gasteiger partial charge in [0.05, 0.1) is 5.41 Å². The Bertz CT molecular complexity index is 962. The molecule has 1 N–H and O–H groups in total. The lowest BCUT2D eigenvalue weighted by Crippen LogP contribution is -2.42. The highest BCUT2D eigenvalue weighted by Gasteiger charge is 2.41. The van der Waals surface area contributed by atoms with Gasteiger partial charge >= 0.3 is 0 Å². The maximum Gasteiger partial charge on any atom is 0.235 e. The fourth-order valence-corrected chi connectivity index (χ4v) is 4.20. The summed E-state index contributed by atoms with van der Waals surface area (Å²) < 4.78 is 19.2. The molecule has 0 unspecified atom stereocenters. The average Bonchev–Trinajstić information content (AvgIpc) is 2.80. The van der Waals surface area contributed by atoms with Gasteiger partial charge in [-0.1, -0.05) is 61.7 Å². The highest BCUT2D eigenvalue weighted by Crippen LogP contribution is 2.40. The largest absolute Gasteiger partial charge is 0.489 e. The van der Waals surface area contributed by atoms with Gasteiger partial charge in [-0.05, 0) is 60.4 Å². The van der Waals surface area contributed by atoms with Crippen LogP contribution < -0.4 is 10.1 Å². The quantitative estimate of drug-likeness (QED) is 0.529. The van der Waals surface area contributed by atoms with Gasteiger partial charge < -0.3 is 10.1 Å². The van der Waals surface area contributed by atoms with Crippen molar-refractivity contribution >= 4 is 11.6 Å². The standard InChI is InChI=1S/C26H26FNO2/c27-22-11-9-21(10-12-22)26(17-5-2-6-18-26)25(29)28-23-13-15-24(16-14-23)30-19-20-7-3-1-4-8-20/h1,3-4,7-16H,2,5-6,17-19H2,(H,28,29). The Labute approximate surface area is 176 Å². The van der Waals surface area contributed by atoms with Crippen LogP contribution in [0.3, 0.4) is 0 Å². The van der Waals surface area contributed by atoms with Crippen molar-refractivity contribution in [2.24, 2.45) is 0 Å². The van der Waals surface area contributed by atoms with Crippen molar-refractivity contribution in [2.75, 3.05) is 5.32 Å². The molecule has 3 aromatic carbocycles. The van der Waals surface area contributed by atoms with Gasteiger partial charge in [-0.25, -0.2) is 4.39 Å². The Morgan fingerprint density at radius 2 is 1.53 bits per heavy atom. The molecule has 0 radical (unpaired) electrons. The molecule has 1 aliphatic carbocycles. The van der Waals surface area contributed by atoms with Gasteiger partial charge in [0.1, 0.15) is 18.2 Å². The molecule has 0 bridgehead atoms. The van der Waals surface area contributed by atoms with E-state index in [1.54, 1.807) is 12.1 Å². The number of carbonyl (C=O) groups excluding carboxylic acids is 1. The third-order valence-corrected chi connectivity index (χ3v) is 5.90. The minimum Gasteiger partial charge on any atom is -0.489 e. The van der Waals surface area contributed by atoms with Crippen LogP contribution in [-0.2, 0) is 16.8 Å². The summed E-state index contributed by atoms with van der Waals surface area (Å²) in [5.41, 5.74) is 2.13. The zero-order valence-electron chi connectivity index (χ0n) is 16.9. The van der Waals surface area contributed by atoms with Crippen LogP contribution in [0.4, 0.5) is 10.1 Å². The first kappa shape index (κ1) is 20.1. The van der Waals surface area contributed by atoms with Crippen molar-refractivity contribution in [2.45, 2.75) is 44.1 Å². The summed E-state index contributed by atoms with van der Waals surface area (Å²) in [7, 11) is 0. The number of hydrogen-bond acceptors (Lipinski definition) is 2. The van der Waals surface area contributed by atoms with Crippen molar-refractivity contribution in [3.05, 3.63) is 95.8 Å². The van der Waals surface area contributed by atoms with Gasteiger partial charge in [0.25, 0.3) is 0 Å². The second-order valence-electron chi connectivity index (χ2n) is 7.90. The van der Waals surface area contributed by atoms with E-state index < -0.39 is 5.41 Å². The molecule has 0 heterocycles. The topological polar surface area (TPSA) is 38.3 Å². The Hall–Kier alpha value is -3.14. The Morgan fingerprint density at radius 3 is 2.20 bits per heavy atom. The molecular weight excluding hydrogens is 377 g/mol. The van der Waals surface area contributed by atoms with E-state index in [0.717, 1.165) is 54.7 Å². The molecule has 3 nitrogen and oxygen atoms in total. The number of carbonyl (C=O) groups is 1. The maximum atomic E-state index is 13.4. The molecule has 0 aliphatic heterocycles. The monoisotopic (exact) mass is 403 g/mol. The number of ether oxygens (including phenoxy) is 1. The summed E-state index contributed by atoms with van der Waals surface area (Å²) in [4.78, 5) is 13.3. The summed E-state index contributed by atoms with van der Waals surface area (Å²) in [6, 6.07) is 23.8. The second kappa shape index (κ2) is 9.12. The predicted molar refractivity (Wildman–Crippen MR) is 117 cm³/mol. The number of benzene rings is 3. The van der Waals surface area contributed by atoms with Gasteiger partial charge in [-0.3, -0.25) is 4.79 Å². The van der Waals surface area contributed by atoms with Crippen LogP contribution in [0.5, 0.6) is 5.75 Å². The van der Waals surface area contributed by atoms with Gasteiger partial charge in [0, 0.05) is 5.69 Å². The summed E-state index contributed by atoms with van der Waals surface area (Å²) in [6.45, 7) is 0.500. The smallest absolute Gasteiger partial charge is 0.235 e. The lowest BCUT2D eigenvalue weighted by atomic mass is 9.68. The number of nitrogens with one attached hydrogen (secondary N) is 1. The van der Waals surface area contributed by atoms with Crippen LogP contribution in [0.1, 0.15) is 43.2 Å². The van der Waals surface area contributed by atoms with E-state index in [-0.39, 0.29) is 11.7 Å². The first-order valence-corrected chi connectivity index (χ1v) is 10.5. The van der Waals surface area contributed by atoms with E-state index in [1.807, 2.05) is 54.6 Å². The molecule has 0 atom stereocenters. The highest BCUT2D eigenvalue weighted by atomic mass is 19.1. The molecule has 0 aromatic heterocycles. The molecule has 1 saturated carbocycles. The van der Waals surface area contributed by atoms with E-state index in [1.165, 1.54) is 12.1 Å². The van der Waals surface area contributed by atoms with Crippen LogP contribution in [0, 0.1) is 5.82 Å². The SMILES string of the molecule is O=C(Nc1ccc(OCc2ccccc2)cc1)C1(c2ccc(F)cc2)CCCCC1. The molecule has 1 fully saturated rings. The lowest BCUT2D eigenvalue weighted by molar-refractivity contribution is -0.122. The number of hydrogen-bond donors (Lipinski definition) is 1. The van der Waals surface area contributed by atoms with Crippen LogP contribution in [-0.4, -0.2) is 5.91 Å². The van der Waals surface area contributed by atoms with E-state index >= 15 is 0 Å². The summed E-state index contributed by atoms with van der Waals surface area (Å²) in [6.07, 6.45) is 4.68. The van der Waals surface area contributed by atoms with Crippen molar-refractivity contribution in [1.82, 2.24) is 0 Å². The molecule has 4 heteroatoms. The van der Waals surface area contributed by atoms with Gasteiger partial charge in [-0.2, -0.15) is 0 Å². The normalized spacial score (nSPS) is 15.4. The minimum absolute atomic E-state index is 0.0215. The van der Waals surface area contributed by atoms with Crippen LogP contribution in [0.15, 0.2) is 78.9 Å². The molecule has 1 aliphatic rings. The summed E-state index contributed by atoms with van der Waals surface area (Å²) >= 11 is 0. The van der Waals surface area contributed by atoms with Gasteiger partial charge in [0.15, 0.2) is 0 Å². The van der Waals surface area contributed by atoms with Crippen molar-refractivity contribution in [3.8, 4) is 5.75 Å². The highest BCUT2D eigenvalue weighted by molar-refractivity contribution is 5.99. The van der Waals surface area contributed by atoms with E-state index in [4.69, 9.17) is 4.74 Å². The molecule has 154 valence electrons. The first-order chi connectivity index (χ1) is 14.7. The van der Waals surface area contributed by atoms with Gasteiger partial charge in [-0.15, -0.1) is 0 Å². The van der Waals surface area contributed by atoms with E-state index in [0.29, 0.717) is 6.61 Å². The molecular formula is C26H26FNO2. The Kier molecular flexibility index (Phi) is 6.12. The predicted octanol–water partition coefficient (Wildman–Crippen LogP) is 6.25. The van der Waals surface area contributed by atoms with Crippen molar-refractivity contribution < 1.29 is 13.9 Å². The second-order valence-corrected chi connectivity index (χ2v) is 7.90. The van der Waals surface area contributed by atoms with Crippen molar-refractivity contribution in [3.63, 3.8) is 0 Å². The molecule has 0 spiro atoms. The fraction of sp³-hybridized carbons (Fsp3) is 0.269. The van der Waals surface area contributed by atoms with Crippen LogP contribution in [0.2, 0.25) is 0 Å². The third-order valence-electron chi connectivity index (χ3n) is 5.90. The van der Waals surface area contributed by atoms with E-state index in [9.17, 15) is 9.18 Å². The molecule has 30 heavy (non-hydrogen) atoms. The summed E-state index contributed by atoms with van der Waals surface area (Å²) in [5, 5.41) is 3.08.